The highest BCUT2D eigenvalue weighted by atomic mass is 16.4. The molecular weight excluding hydrogens is 272 g/mol. The quantitative estimate of drug-likeness (QED) is 0.682. The van der Waals surface area contributed by atoms with Crippen molar-refractivity contribution in [1.82, 2.24) is 10.2 Å². The molecule has 1 aliphatic heterocycles. The Bertz CT molecular complexity index is 369. The van der Waals surface area contributed by atoms with Crippen LogP contribution < -0.4 is 5.32 Å². The number of carboxylic acid groups (broad SMARTS) is 2. The summed E-state index contributed by atoms with van der Waals surface area (Å²) in [5.41, 5.74) is 0. The van der Waals surface area contributed by atoms with Gasteiger partial charge in [0.25, 0.3) is 0 Å². The highest BCUT2D eigenvalue weighted by molar-refractivity contribution is 5.70. The molecule has 0 aromatic heterocycles. The van der Waals surface area contributed by atoms with Crippen LogP contribution >= 0.6 is 0 Å². The number of nitrogens with zero attached hydrogens (tertiary/aromatic N) is 1. The first-order valence-electron chi connectivity index (χ1n) is 7.97. The van der Waals surface area contributed by atoms with Gasteiger partial charge >= 0.3 is 11.9 Å². The summed E-state index contributed by atoms with van der Waals surface area (Å²) in [5.74, 6) is -2.00. The van der Waals surface area contributed by atoms with Crippen LogP contribution in [0.2, 0.25) is 0 Å². The first kappa shape index (κ1) is 16.2. The number of piperidine rings is 1. The molecule has 2 atom stereocenters. The molecule has 0 amide bonds. The van der Waals surface area contributed by atoms with E-state index in [4.69, 9.17) is 5.11 Å². The van der Waals surface area contributed by atoms with Gasteiger partial charge in [-0.25, -0.2) is 0 Å². The molecule has 0 aromatic rings. The van der Waals surface area contributed by atoms with Gasteiger partial charge in [0.2, 0.25) is 0 Å². The number of carboxylic acids is 2. The molecule has 1 saturated carbocycles. The maximum atomic E-state index is 11.3. The van der Waals surface area contributed by atoms with E-state index < -0.39 is 17.9 Å². The van der Waals surface area contributed by atoms with Gasteiger partial charge in [-0.2, -0.15) is 0 Å². The van der Waals surface area contributed by atoms with Crippen molar-refractivity contribution in [1.29, 1.82) is 0 Å². The molecule has 0 spiro atoms. The zero-order valence-electron chi connectivity index (χ0n) is 12.5. The van der Waals surface area contributed by atoms with Crippen molar-refractivity contribution in [3.05, 3.63) is 0 Å². The fourth-order valence-corrected chi connectivity index (χ4v) is 3.53. The monoisotopic (exact) mass is 298 g/mol. The summed E-state index contributed by atoms with van der Waals surface area (Å²) in [4.78, 5) is 24.0. The summed E-state index contributed by atoms with van der Waals surface area (Å²) < 4.78 is 0. The third-order valence-corrected chi connectivity index (χ3v) is 4.59. The summed E-state index contributed by atoms with van der Waals surface area (Å²) in [6.07, 6.45) is 6.85. The first-order valence-corrected chi connectivity index (χ1v) is 7.97. The van der Waals surface area contributed by atoms with Crippen LogP contribution in [0.25, 0.3) is 0 Å². The van der Waals surface area contributed by atoms with Crippen molar-refractivity contribution in [2.45, 2.75) is 57.0 Å². The summed E-state index contributed by atoms with van der Waals surface area (Å²) in [7, 11) is 0. The lowest BCUT2D eigenvalue weighted by Crippen LogP contribution is -2.53. The second kappa shape index (κ2) is 7.75. The van der Waals surface area contributed by atoms with E-state index in [0.717, 1.165) is 6.54 Å². The Hall–Kier alpha value is -1.14. The fourth-order valence-electron chi connectivity index (χ4n) is 3.53. The second-order valence-electron chi connectivity index (χ2n) is 6.37. The van der Waals surface area contributed by atoms with Crippen LogP contribution in [0.1, 0.15) is 44.9 Å². The molecule has 2 rings (SSSR count). The molecule has 0 radical (unpaired) electrons. The molecule has 1 heterocycles. The molecule has 3 N–H and O–H groups in total. The van der Waals surface area contributed by atoms with Crippen molar-refractivity contribution in [3.8, 4) is 0 Å². The maximum Gasteiger partial charge on any atom is 0.307 e. The molecular formula is C15H26N2O4. The topological polar surface area (TPSA) is 89.9 Å². The molecule has 21 heavy (non-hydrogen) atoms. The number of aliphatic carboxylic acids is 2. The van der Waals surface area contributed by atoms with Gasteiger partial charge in [0.1, 0.15) is 0 Å². The van der Waals surface area contributed by atoms with Gasteiger partial charge in [0.05, 0.1) is 12.3 Å². The Balaban J connectivity index is 1.88. The van der Waals surface area contributed by atoms with Crippen molar-refractivity contribution >= 4 is 11.9 Å². The third kappa shape index (κ3) is 5.28. The van der Waals surface area contributed by atoms with Gasteiger partial charge in [-0.1, -0.05) is 19.3 Å². The molecule has 120 valence electrons. The molecule has 2 unspecified atom stereocenters. The normalized spacial score (nSPS) is 28.4. The average Bonchev–Trinajstić information content (AvgIpc) is 2.46. The number of rotatable bonds is 6. The van der Waals surface area contributed by atoms with E-state index in [2.05, 4.69) is 5.32 Å². The predicted molar refractivity (Wildman–Crippen MR) is 78.2 cm³/mol. The van der Waals surface area contributed by atoms with E-state index in [0.29, 0.717) is 25.6 Å². The van der Waals surface area contributed by atoms with E-state index in [1.54, 1.807) is 0 Å². The predicted octanol–water partition coefficient (Wildman–Crippen LogP) is 1.16. The van der Waals surface area contributed by atoms with Crippen LogP contribution in [0.4, 0.5) is 0 Å². The number of nitrogens with one attached hydrogen (secondary N) is 1. The number of hydrogen-bond donors (Lipinski definition) is 3. The fraction of sp³-hybridized carbons (Fsp3) is 0.867. The summed E-state index contributed by atoms with van der Waals surface area (Å²) in [5, 5.41) is 21.7. The average molecular weight is 298 g/mol. The summed E-state index contributed by atoms with van der Waals surface area (Å²) in [6, 6.07) is 0.661. The van der Waals surface area contributed by atoms with Gasteiger partial charge in [-0.15, -0.1) is 0 Å². The van der Waals surface area contributed by atoms with E-state index >= 15 is 0 Å². The van der Waals surface area contributed by atoms with Gasteiger partial charge in [0, 0.05) is 31.7 Å². The molecule has 2 fully saturated rings. The van der Waals surface area contributed by atoms with Crippen LogP contribution in [0.5, 0.6) is 0 Å². The van der Waals surface area contributed by atoms with Gasteiger partial charge < -0.3 is 20.4 Å². The minimum atomic E-state index is -0.829. The van der Waals surface area contributed by atoms with Gasteiger partial charge in [-0.3, -0.25) is 9.59 Å². The highest BCUT2D eigenvalue weighted by Crippen LogP contribution is 2.22. The minimum absolute atomic E-state index is 0.0719. The smallest absolute Gasteiger partial charge is 0.307 e. The summed E-state index contributed by atoms with van der Waals surface area (Å²) >= 11 is 0. The zero-order valence-corrected chi connectivity index (χ0v) is 12.5. The summed E-state index contributed by atoms with van der Waals surface area (Å²) in [6.45, 7) is 1.65. The zero-order chi connectivity index (χ0) is 15.2. The van der Waals surface area contributed by atoms with Gasteiger partial charge in [0.15, 0.2) is 0 Å². The van der Waals surface area contributed by atoms with Crippen molar-refractivity contribution in [2.24, 2.45) is 5.92 Å². The maximum absolute atomic E-state index is 11.3. The molecule has 6 heteroatoms. The SMILES string of the molecule is O=C(O)CCN1CC(NC2CCCCC2)CC(C(=O)O)C1. The van der Waals surface area contributed by atoms with Crippen LogP contribution in [0.15, 0.2) is 0 Å². The number of carbonyl (C=O) groups is 2. The Morgan fingerprint density at radius 2 is 1.76 bits per heavy atom. The number of likely N-dealkylation sites (tertiary alicyclic amines) is 1. The number of hydrogen-bond acceptors (Lipinski definition) is 4. The molecule has 1 saturated heterocycles. The Morgan fingerprint density at radius 3 is 2.38 bits per heavy atom. The molecule has 1 aliphatic carbocycles. The van der Waals surface area contributed by atoms with Crippen molar-refractivity contribution in [3.63, 3.8) is 0 Å². The second-order valence-corrected chi connectivity index (χ2v) is 6.37. The lowest BCUT2D eigenvalue weighted by molar-refractivity contribution is -0.144. The van der Waals surface area contributed by atoms with E-state index in [1.165, 1.54) is 32.1 Å². The first-order chi connectivity index (χ1) is 10.0. The Kier molecular flexibility index (Phi) is 5.99. The Labute approximate surface area is 125 Å². The van der Waals surface area contributed by atoms with E-state index in [-0.39, 0.29) is 12.5 Å². The van der Waals surface area contributed by atoms with Crippen LogP contribution in [0, 0.1) is 5.92 Å². The van der Waals surface area contributed by atoms with Crippen molar-refractivity contribution in [2.75, 3.05) is 19.6 Å². The van der Waals surface area contributed by atoms with E-state index in [1.807, 2.05) is 4.90 Å². The van der Waals surface area contributed by atoms with Crippen LogP contribution in [-0.4, -0.2) is 58.8 Å². The molecule has 0 bridgehead atoms. The molecule has 0 aromatic carbocycles. The lowest BCUT2D eigenvalue weighted by atomic mass is 9.90. The minimum Gasteiger partial charge on any atom is -0.481 e. The largest absolute Gasteiger partial charge is 0.481 e. The van der Waals surface area contributed by atoms with Crippen molar-refractivity contribution < 1.29 is 19.8 Å². The van der Waals surface area contributed by atoms with Crippen LogP contribution in [-0.2, 0) is 9.59 Å². The van der Waals surface area contributed by atoms with E-state index in [9.17, 15) is 14.7 Å². The lowest BCUT2D eigenvalue weighted by Gasteiger charge is -2.38. The molecule has 2 aliphatic rings. The standard InChI is InChI=1S/C15H26N2O4/c18-14(19)6-7-17-9-11(15(20)21)8-13(10-17)16-12-4-2-1-3-5-12/h11-13,16H,1-10H2,(H,18,19)(H,20,21). The Morgan fingerprint density at radius 1 is 1.05 bits per heavy atom. The highest BCUT2D eigenvalue weighted by Gasteiger charge is 2.32. The van der Waals surface area contributed by atoms with Gasteiger partial charge in [-0.05, 0) is 19.3 Å². The van der Waals surface area contributed by atoms with Crippen LogP contribution in [0.3, 0.4) is 0 Å². The molecule has 6 nitrogen and oxygen atoms in total. The third-order valence-electron chi connectivity index (χ3n) is 4.59.